The fraction of sp³-hybridized carbons (Fsp3) is 0.476. The normalized spacial score (nSPS) is 16.4. The lowest BCUT2D eigenvalue weighted by Gasteiger charge is -2.09. The van der Waals surface area contributed by atoms with Gasteiger partial charge in [0.05, 0.1) is 21.5 Å². The zero-order valence-corrected chi connectivity index (χ0v) is 38.0. The Morgan fingerprint density at radius 1 is 0.600 bits per heavy atom. The quantitative estimate of drug-likeness (QED) is 0.0494. The van der Waals surface area contributed by atoms with Crippen molar-refractivity contribution in [3.63, 3.8) is 0 Å². The van der Waals surface area contributed by atoms with E-state index in [1.165, 1.54) is 111 Å². The molecule has 13 heteroatoms. The maximum Gasteiger partial charge on any atom is 0.266 e. The van der Waals surface area contributed by atoms with E-state index >= 15 is 0 Å². The second-order valence-corrected chi connectivity index (χ2v) is 20.1. The minimum atomic E-state index is -0.00322. The fourth-order valence-corrected chi connectivity index (χ4v) is 12.8. The summed E-state index contributed by atoms with van der Waals surface area (Å²) in [6.07, 6.45) is 20.8. The zero-order valence-electron chi connectivity index (χ0n) is 32.2. The SMILES string of the molecule is CCCCCCCCc1cc(-c2ccc(-c3cc(CCCCCCCC)c(C=C4SC(=S)N(CC)C4=O)s3)c3nsnc23)sc1C=C1SC(=S)N(CC)C1=O. The first kappa shape index (κ1) is 42.3. The van der Waals surface area contributed by atoms with Gasteiger partial charge in [-0.15, -0.1) is 22.7 Å². The van der Waals surface area contributed by atoms with E-state index < -0.39 is 0 Å². The number of hydrogen-bond donors (Lipinski definition) is 0. The summed E-state index contributed by atoms with van der Waals surface area (Å²) < 4.78 is 11.0. The van der Waals surface area contributed by atoms with Crippen molar-refractivity contribution in [1.29, 1.82) is 0 Å². The molecule has 3 aromatic heterocycles. The van der Waals surface area contributed by atoms with Gasteiger partial charge < -0.3 is 0 Å². The molecule has 5 heterocycles. The Balaban J connectivity index is 1.33. The van der Waals surface area contributed by atoms with Gasteiger partial charge in [-0.05, 0) is 74.9 Å². The van der Waals surface area contributed by atoms with Crippen LogP contribution in [0.4, 0.5) is 0 Å². The van der Waals surface area contributed by atoms with E-state index in [-0.39, 0.29) is 11.8 Å². The fourth-order valence-electron chi connectivity index (χ4n) is 7.03. The Kier molecular flexibility index (Phi) is 15.7. The van der Waals surface area contributed by atoms with E-state index in [1.54, 1.807) is 32.5 Å². The molecule has 0 radical (unpaired) electrons. The number of hydrogen-bond acceptors (Lipinski definition) is 11. The molecule has 0 aliphatic carbocycles. The summed E-state index contributed by atoms with van der Waals surface area (Å²) >= 11 is 18.6. The van der Waals surface area contributed by atoms with Crippen molar-refractivity contribution in [3.8, 4) is 20.9 Å². The number of rotatable bonds is 20. The second kappa shape index (κ2) is 20.4. The van der Waals surface area contributed by atoms with Gasteiger partial charge in [-0.3, -0.25) is 19.4 Å². The van der Waals surface area contributed by atoms with Gasteiger partial charge in [-0.25, -0.2) is 0 Å². The minimum Gasteiger partial charge on any atom is -0.293 e. The highest BCUT2D eigenvalue weighted by Gasteiger charge is 2.32. The van der Waals surface area contributed by atoms with Crippen molar-refractivity contribution in [1.82, 2.24) is 18.5 Å². The van der Waals surface area contributed by atoms with Crippen LogP contribution in [-0.4, -0.2) is 52.1 Å². The number of unbranched alkanes of at least 4 members (excludes halogenated alkanes) is 10. The van der Waals surface area contributed by atoms with E-state index in [1.807, 2.05) is 13.8 Å². The van der Waals surface area contributed by atoms with Gasteiger partial charge in [0.1, 0.15) is 19.7 Å². The molecule has 292 valence electrons. The number of aryl methyl sites for hydroxylation is 2. The third kappa shape index (κ3) is 10.1. The van der Waals surface area contributed by atoms with E-state index in [9.17, 15) is 9.59 Å². The summed E-state index contributed by atoms with van der Waals surface area (Å²) in [5.74, 6) is -0.00643. The molecule has 2 aliphatic heterocycles. The lowest BCUT2D eigenvalue weighted by atomic mass is 10.0. The molecule has 6 rings (SSSR count). The highest BCUT2D eigenvalue weighted by Crippen LogP contribution is 2.44. The first-order valence-corrected chi connectivity index (χ1v) is 24.6. The van der Waals surface area contributed by atoms with Crippen LogP contribution in [0, 0.1) is 0 Å². The molecule has 2 fully saturated rings. The largest absolute Gasteiger partial charge is 0.293 e. The van der Waals surface area contributed by atoms with Crippen molar-refractivity contribution in [2.24, 2.45) is 0 Å². The maximum absolute atomic E-state index is 13.2. The van der Waals surface area contributed by atoms with E-state index in [4.69, 9.17) is 33.2 Å². The van der Waals surface area contributed by atoms with Crippen molar-refractivity contribution >= 4 is 126 Å². The highest BCUT2D eigenvalue weighted by molar-refractivity contribution is 8.27. The van der Waals surface area contributed by atoms with Crippen LogP contribution in [0.5, 0.6) is 0 Å². The molecule has 4 aromatic rings. The number of aromatic nitrogens is 2. The summed E-state index contributed by atoms with van der Waals surface area (Å²) in [6, 6.07) is 9.01. The van der Waals surface area contributed by atoms with Crippen LogP contribution in [0.25, 0.3) is 44.1 Å². The van der Waals surface area contributed by atoms with Crippen molar-refractivity contribution < 1.29 is 9.59 Å². The molecule has 0 spiro atoms. The summed E-state index contributed by atoms with van der Waals surface area (Å²) in [6.45, 7) is 9.59. The Morgan fingerprint density at radius 2 is 1.00 bits per heavy atom. The number of nitrogens with zero attached hydrogens (tertiary/aromatic N) is 4. The molecular weight excluding hydrogens is 817 g/mol. The summed E-state index contributed by atoms with van der Waals surface area (Å²) in [5.41, 5.74) is 6.47. The number of benzene rings is 1. The number of thioether (sulfide) groups is 2. The molecule has 1 aromatic carbocycles. The number of thiophene rings is 2. The predicted molar refractivity (Wildman–Crippen MR) is 249 cm³/mol. The molecule has 2 saturated heterocycles. The first-order chi connectivity index (χ1) is 26.8. The average Bonchev–Trinajstić information content (AvgIpc) is 4.00. The van der Waals surface area contributed by atoms with E-state index in [0.717, 1.165) is 67.4 Å². The third-order valence-corrected chi connectivity index (χ3v) is 15.7. The number of likely N-dealkylation sites (N-methyl/N-ethyl adjacent to an activating group) is 2. The predicted octanol–water partition coefficient (Wildman–Crippen LogP) is 13.4. The first-order valence-electron chi connectivity index (χ1n) is 19.8. The highest BCUT2D eigenvalue weighted by atomic mass is 32.2. The third-order valence-electron chi connectivity index (χ3n) is 10.1. The van der Waals surface area contributed by atoms with E-state index in [2.05, 4.69) is 50.3 Å². The number of carbonyl (C=O) groups is 2. The molecule has 55 heavy (non-hydrogen) atoms. The van der Waals surface area contributed by atoms with Crippen LogP contribution >= 0.6 is 82.4 Å². The number of carbonyl (C=O) groups excluding carboxylic acids is 2. The van der Waals surface area contributed by atoms with Crippen molar-refractivity contribution in [2.45, 2.75) is 118 Å². The topological polar surface area (TPSA) is 66.4 Å². The standard InChI is InChI=1S/C42H50N4O2S7/c1-5-9-11-13-15-17-19-27-23-33(51-31(27)25-35-39(47)45(7-3)41(49)53-35)29-21-22-30(38-37(29)43-55-44-38)34-24-28(20-18-16-14-12-10-6-2)32(52-34)26-36-40(48)46(8-4)42(50)54-36/h21-26H,5-20H2,1-4H3. The molecule has 2 amide bonds. The Bertz CT molecular complexity index is 1950. The Hall–Kier alpha value is -2.26. The van der Waals surface area contributed by atoms with Crippen LogP contribution in [0.3, 0.4) is 0 Å². The Morgan fingerprint density at radius 3 is 1.38 bits per heavy atom. The molecule has 0 atom stereocenters. The minimum absolute atomic E-state index is 0.00322. The maximum atomic E-state index is 13.2. The van der Waals surface area contributed by atoms with Gasteiger partial charge in [-0.2, -0.15) is 8.75 Å². The number of fused-ring (bicyclic) bond motifs is 1. The van der Waals surface area contributed by atoms with Crippen molar-refractivity contribution in [2.75, 3.05) is 13.1 Å². The molecule has 0 bridgehead atoms. The molecule has 2 aliphatic rings. The van der Waals surface area contributed by atoms with Gasteiger partial charge in [0, 0.05) is 43.7 Å². The molecule has 0 N–H and O–H groups in total. The zero-order chi connectivity index (χ0) is 38.9. The molecule has 0 saturated carbocycles. The smallest absolute Gasteiger partial charge is 0.266 e. The summed E-state index contributed by atoms with van der Waals surface area (Å²) in [5, 5.41) is 0. The molecule has 0 unspecified atom stereocenters. The van der Waals surface area contributed by atoms with Crippen molar-refractivity contribution in [3.05, 3.63) is 55.0 Å². The Labute approximate surface area is 358 Å². The monoisotopic (exact) mass is 866 g/mol. The molecule has 6 nitrogen and oxygen atoms in total. The lowest BCUT2D eigenvalue weighted by molar-refractivity contribution is -0.122. The van der Waals surface area contributed by atoms with Crippen LogP contribution in [-0.2, 0) is 22.4 Å². The van der Waals surface area contributed by atoms with Crippen LogP contribution in [0.1, 0.15) is 126 Å². The number of amides is 2. The average molecular weight is 867 g/mol. The summed E-state index contributed by atoms with van der Waals surface area (Å²) in [7, 11) is 0. The van der Waals surface area contributed by atoms with Crippen LogP contribution in [0.15, 0.2) is 34.1 Å². The molecular formula is C42H50N4O2S7. The van der Waals surface area contributed by atoms with Gasteiger partial charge >= 0.3 is 0 Å². The lowest BCUT2D eigenvalue weighted by Crippen LogP contribution is -2.27. The van der Waals surface area contributed by atoms with Gasteiger partial charge in [0.25, 0.3) is 11.8 Å². The number of thiocarbonyl (C=S) groups is 2. The van der Waals surface area contributed by atoms with Gasteiger partial charge in [0.15, 0.2) is 0 Å². The van der Waals surface area contributed by atoms with Gasteiger partial charge in [-0.1, -0.05) is 138 Å². The van der Waals surface area contributed by atoms with Crippen LogP contribution < -0.4 is 0 Å². The van der Waals surface area contributed by atoms with E-state index in [0.29, 0.717) is 31.5 Å². The van der Waals surface area contributed by atoms with Gasteiger partial charge in [0.2, 0.25) is 0 Å². The second-order valence-electron chi connectivity index (χ2n) is 14.0. The summed E-state index contributed by atoms with van der Waals surface area (Å²) in [4.78, 5) is 35.7. The van der Waals surface area contributed by atoms with Crippen LogP contribution in [0.2, 0.25) is 0 Å².